The van der Waals surface area contributed by atoms with E-state index in [9.17, 15) is 23.5 Å². The van der Waals surface area contributed by atoms with Gasteiger partial charge in [-0.05, 0) is 41.0 Å². The van der Waals surface area contributed by atoms with Crippen molar-refractivity contribution >= 4 is 11.9 Å². The number of carbonyl (C=O) groups is 2. The molecule has 8 heteroatoms. The van der Waals surface area contributed by atoms with E-state index in [1.807, 2.05) is 60.7 Å². The maximum atomic E-state index is 14.0. The van der Waals surface area contributed by atoms with Crippen LogP contribution in [0.2, 0.25) is 0 Å². The van der Waals surface area contributed by atoms with Crippen LogP contribution in [0, 0.1) is 11.6 Å². The fraction of sp³-hybridized carbons (Fsp3) is 0.133. The molecule has 2 N–H and O–H groups in total. The molecule has 0 bridgehead atoms. The van der Waals surface area contributed by atoms with Crippen molar-refractivity contribution in [3.63, 3.8) is 0 Å². The highest BCUT2D eigenvalue weighted by atomic mass is 19.2. The second-order valence-corrected chi connectivity index (χ2v) is 8.50. The fourth-order valence-electron chi connectivity index (χ4n) is 3.73. The molecule has 0 aromatic heterocycles. The van der Waals surface area contributed by atoms with Crippen LogP contribution < -0.4 is 14.8 Å². The van der Waals surface area contributed by atoms with Gasteiger partial charge < -0.3 is 19.9 Å². The van der Waals surface area contributed by atoms with Crippen molar-refractivity contribution in [3.05, 3.63) is 131 Å². The van der Waals surface area contributed by atoms with Gasteiger partial charge in [-0.3, -0.25) is 4.79 Å². The van der Waals surface area contributed by atoms with Gasteiger partial charge in [0.1, 0.15) is 19.3 Å². The molecule has 1 amide bonds. The number of carboxylic acids is 1. The van der Waals surface area contributed by atoms with Crippen LogP contribution in [-0.2, 0) is 24.4 Å². The first-order valence-corrected chi connectivity index (χ1v) is 11.8. The Morgan fingerprint density at radius 2 is 1.34 bits per heavy atom. The summed E-state index contributed by atoms with van der Waals surface area (Å²) in [7, 11) is 0. The Kier molecular flexibility index (Phi) is 8.66. The Labute approximate surface area is 218 Å². The molecule has 4 aromatic carbocycles. The number of amides is 1. The fourth-order valence-corrected chi connectivity index (χ4v) is 3.73. The number of halogens is 2. The van der Waals surface area contributed by atoms with Crippen molar-refractivity contribution in [3.8, 4) is 11.5 Å². The Morgan fingerprint density at radius 1 is 0.737 bits per heavy atom. The van der Waals surface area contributed by atoms with Crippen molar-refractivity contribution in [1.82, 2.24) is 5.32 Å². The minimum absolute atomic E-state index is 0.126. The largest absolute Gasteiger partial charge is 0.485 e. The molecule has 4 aromatic rings. The zero-order chi connectivity index (χ0) is 26.9. The molecule has 194 valence electrons. The van der Waals surface area contributed by atoms with Crippen LogP contribution in [0.4, 0.5) is 8.78 Å². The lowest BCUT2D eigenvalue weighted by Gasteiger charge is -2.18. The van der Waals surface area contributed by atoms with Crippen molar-refractivity contribution < 1.29 is 33.0 Å². The normalized spacial score (nSPS) is 11.4. The maximum Gasteiger partial charge on any atom is 0.326 e. The average molecular weight is 518 g/mol. The molecule has 0 aliphatic rings. The molecule has 0 unspecified atom stereocenters. The quantitative estimate of drug-likeness (QED) is 0.273. The van der Waals surface area contributed by atoms with Gasteiger partial charge in [-0.1, -0.05) is 72.8 Å². The van der Waals surface area contributed by atoms with E-state index in [0.717, 1.165) is 23.3 Å². The van der Waals surface area contributed by atoms with Gasteiger partial charge in [-0.25, -0.2) is 13.6 Å². The van der Waals surface area contributed by atoms with E-state index in [1.54, 1.807) is 18.2 Å². The molecule has 38 heavy (non-hydrogen) atoms. The lowest BCUT2D eigenvalue weighted by molar-refractivity contribution is -0.139. The molecule has 0 fully saturated rings. The molecule has 4 rings (SSSR count). The second-order valence-electron chi connectivity index (χ2n) is 8.50. The first kappa shape index (κ1) is 26.3. The lowest BCUT2D eigenvalue weighted by Crippen LogP contribution is -2.42. The lowest BCUT2D eigenvalue weighted by atomic mass is 10.0. The van der Waals surface area contributed by atoms with Gasteiger partial charge in [0.15, 0.2) is 23.1 Å². The number of ether oxygens (including phenoxy) is 2. The van der Waals surface area contributed by atoms with E-state index in [4.69, 9.17) is 9.47 Å². The first-order chi connectivity index (χ1) is 18.4. The van der Waals surface area contributed by atoms with Crippen molar-refractivity contribution in [2.75, 3.05) is 0 Å². The topological polar surface area (TPSA) is 84.9 Å². The van der Waals surface area contributed by atoms with Gasteiger partial charge in [-0.15, -0.1) is 0 Å². The van der Waals surface area contributed by atoms with Gasteiger partial charge in [0.05, 0.1) is 5.56 Å². The van der Waals surface area contributed by atoms with Crippen LogP contribution in [0.5, 0.6) is 11.5 Å². The van der Waals surface area contributed by atoms with Crippen molar-refractivity contribution in [1.29, 1.82) is 0 Å². The first-order valence-electron chi connectivity index (χ1n) is 11.8. The Balaban J connectivity index is 1.53. The van der Waals surface area contributed by atoms with Gasteiger partial charge in [0.25, 0.3) is 5.91 Å². The summed E-state index contributed by atoms with van der Waals surface area (Å²) < 4.78 is 39.6. The minimum atomic E-state index is -1.40. The summed E-state index contributed by atoms with van der Waals surface area (Å²) in [6.45, 7) is 0.554. The average Bonchev–Trinajstić information content (AvgIpc) is 2.93. The molecular formula is C30H25F2NO5. The third kappa shape index (κ3) is 6.94. The Morgan fingerprint density at radius 3 is 1.95 bits per heavy atom. The zero-order valence-corrected chi connectivity index (χ0v) is 20.3. The number of aliphatic carboxylic acids is 1. The van der Waals surface area contributed by atoms with Gasteiger partial charge in [0, 0.05) is 6.42 Å². The van der Waals surface area contributed by atoms with Crippen LogP contribution in [0.25, 0.3) is 0 Å². The molecule has 0 aliphatic heterocycles. The van der Waals surface area contributed by atoms with Crippen LogP contribution in [-0.4, -0.2) is 23.0 Å². The predicted molar refractivity (Wildman–Crippen MR) is 137 cm³/mol. The van der Waals surface area contributed by atoms with Crippen LogP contribution in [0.1, 0.15) is 27.0 Å². The number of nitrogens with one attached hydrogen (secondary N) is 1. The smallest absolute Gasteiger partial charge is 0.326 e. The zero-order valence-electron chi connectivity index (χ0n) is 20.3. The summed E-state index contributed by atoms with van der Waals surface area (Å²) in [5, 5.41) is 12.0. The molecule has 0 radical (unpaired) electrons. The number of benzene rings is 4. The molecular weight excluding hydrogens is 492 g/mol. The SMILES string of the molecule is O=C(N[C@@H](Cc1ccc(OCc2ccccc2)c(OCc2ccccc2)c1)C(=O)O)c1cccc(F)c1F. The minimum Gasteiger partial charge on any atom is -0.485 e. The summed E-state index contributed by atoms with van der Waals surface area (Å²) in [5.74, 6) is -4.04. The van der Waals surface area contributed by atoms with E-state index in [-0.39, 0.29) is 13.0 Å². The monoisotopic (exact) mass is 517 g/mol. The number of carboxylic acid groups (broad SMARTS) is 1. The number of hydrogen-bond acceptors (Lipinski definition) is 4. The molecule has 0 saturated carbocycles. The summed E-state index contributed by atoms with van der Waals surface area (Å²) >= 11 is 0. The van der Waals surface area contributed by atoms with Crippen molar-refractivity contribution in [2.45, 2.75) is 25.7 Å². The molecule has 0 heterocycles. The molecule has 6 nitrogen and oxygen atoms in total. The molecule has 1 atom stereocenters. The predicted octanol–water partition coefficient (Wildman–Crippen LogP) is 5.55. The number of carbonyl (C=O) groups excluding carboxylic acids is 1. The van der Waals surface area contributed by atoms with E-state index >= 15 is 0 Å². The maximum absolute atomic E-state index is 14.0. The Hall–Kier alpha value is -4.72. The van der Waals surface area contributed by atoms with Crippen LogP contribution in [0.3, 0.4) is 0 Å². The highest BCUT2D eigenvalue weighted by Gasteiger charge is 2.24. The van der Waals surface area contributed by atoms with Crippen LogP contribution in [0.15, 0.2) is 97.1 Å². The molecule has 0 saturated heterocycles. The second kappa shape index (κ2) is 12.5. The Bertz CT molecular complexity index is 1400. The highest BCUT2D eigenvalue weighted by Crippen LogP contribution is 2.31. The number of rotatable bonds is 11. The summed E-state index contributed by atoms with van der Waals surface area (Å²) in [4.78, 5) is 24.4. The summed E-state index contributed by atoms with van der Waals surface area (Å²) in [6.07, 6.45) is -0.126. The summed E-state index contributed by atoms with van der Waals surface area (Å²) in [5.41, 5.74) is 1.85. The third-order valence-corrected chi connectivity index (χ3v) is 5.72. The van der Waals surface area contributed by atoms with E-state index in [2.05, 4.69) is 5.32 Å². The molecule has 0 aliphatic carbocycles. The molecule has 0 spiro atoms. The summed E-state index contributed by atoms with van der Waals surface area (Å²) in [6, 6.07) is 25.8. The van der Waals surface area contributed by atoms with E-state index in [0.29, 0.717) is 23.7 Å². The van der Waals surface area contributed by atoms with Crippen LogP contribution >= 0.6 is 0 Å². The number of hydrogen-bond donors (Lipinski definition) is 2. The van der Waals surface area contributed by atoms with E-state index < -0.39 is 35.1 Å². The van der Waals surface area contributed by atoms with Gasteiger partial charge in [-0.2, -0.15) is 0 Å². The highest BCUT2D eigenvalue weighted by molar-refractivity contribution is 5.96. The van der Waals surface area contributed by atoms with Gasteiger partial charge >= 0.3 is 5.97 Å². The van der Waals surface area contributed by atoms with E-state index in [1.165, 1.54) is 6.07 Å². The van der Waals surface area contributed by atoms with Crippen molar-refractivity contribution in [2.24, 2.45) is 0 Å². The standard InChI is InChI=1S/C30H25F2NO5/c31-24-13-7-12-23(28(24)32)29(34)33-25(30(35)36)16-22-14-15-26(37-18-20-8-3-1-4-9-20)27(17-22)38-19-21-10-5-2-6-11-21/h1-15,17,25H,16,18-19H2,(H,33,34)(H,35,36)/t25-/m0/s1. The third-order valence-electron chi connectivity index (χ3n) is 5.72. The van der Waals surface area contributed by atoms with Gasteiger partial charge in [0.2, 0.25) is 0 Å².